The first-order valence-electron chi connectivity index (χ1n) is 8.19. The minimum absolute atomic E-state index is 0.117. The normalized spacial score (nSPS) is 17.7. The molecule has 0 radical (unpaired) electrons. The van der Waals surface area contributed by atoms with Crippen molar-refractivity contribution in [3.63, 3.8) is 0 Å². The molecule has 1 aliphatic rings. The molecule has 1 amide bonds. The van der Waals surface area contributed by atoms with Crippen molar-refractivity contribution in [2.24, 2.45) is 4.99 Å². The number of phenols is 1. The predicted molar refractivity (Wildman–Crippen MR) is 113 cm³/mol. The minimum atomic E-state index is -0.182. The maximum atomic E-state index is 12.7. The lowest BCUT2D eigenvalue weighted by Gasteiger charge is -2.12. The van der Waals surface area contributed by atoms with Gasteiger partial charge in [-0.2, -0.15) is 0 Å². The number of amides is 1. The molecule has 1 saturated heterocycles. The maximum Gasteiger partial charge on any atom is 0.267 e. The lowest BCUT2D eigenvalue weighted by molar-refractivity contribution is -0.121. The number of nitrogens with zero attached hydrogens (tertiary/aromatic N) is 2. The van der Waals surface area contributed by atoms with Crippen LogP contribution in [0.2, 0.25) is 0 Å². The molecule has 0 aliphatic carbocycles. The Morgan fingerprint density at radius 2 is 2.00 bits per heavy atom. The summed E-state index contributed by atoms with van der Waals surface area (Å²) < 4.78 is 0. The van der Waals surface area contributed by atoms with Crippen LogP contribution in [0.1, 0.15) is 5.56 Å². The van der Waals surface area contributed by atoms with Crippen LogP contribution in [-0.2, 0) is 4.79 Å². The van der Waals surface area contributed by atoms with Crippen LogP contribution >= 0.6 is 23.4 Å². The monoisotopic (exact) mass is 396 g/mol. The molecule has 0 saturated carbocycles. The Bertz CT molecular complexity index is 952. The van der Waals surface area contributed by atoms with Gasteiger partial charge in [0.2, 0.25) is 0 Å². The second kappa shape index (κ2) is 8.75. The van der Waals surface area contributed by atoms with E-state index in [4.69, 9.17) is 11.6 Å². The first kappa shape index (κ1) is 19.0. The van der Waals surface area contributed by atoms with Gasteiger partial charge in [-0.15, -0.1) is 6.58 Å². The molecule has 2 aromatic rings. The fourth-order valence-electron chi connectivity index (χ4n) is 2.43. The summed E-state index contributed by atoms with van der Waals surface area (Å²) in [6.45, 7) is 4.04. The molecule has 0 bridgehead atoms. The molecule has 6 heteroatoms. The Kier molecular flexibility index (Phi) is 6.16. The van der Waals surface area contributed by atoms with Crippen molar-refractivity contribution < 1.29 is 9.90 Å². The molecule has 1 aliphatic heterocycles. The van der Waals surface area contributed by atoms with Crippen LogP contribution in [-0.4, -0.2) is 27.6 Å². The van der Waals surface area contributed by atoms with Gasteiger partial charge < -0.3 is 5.11 Å². The molecule has 1 fully saturated rings. The van der Waals surface area contributed by atoms with Gasteiger partial charge in [0.15, 0.2) is 5.17 Å². The van der Waals surface area contributed by atoms with E-state index in [1.165, 1.54) is 22.7 Å². The van der Waals surface area contributed by atoms with Gasteiger partial charge in [-0.25, -0.2) is 4.99 Å². The summed E-state index contributed by atoms with van der Waals surface area (Å²) in [7, 11) is 0. The summed E-state index contributed by atoms with van der Waals surface area (Å²) in [5.41, 5.74) is 1.51. The molecule has 0 atom stereocenters. The third-order valence-corrected chi connectivity index (χ3v) is 4.85. The van der Waals surface area contributed by atoms with E-state index in [2.05, 4.69) is 11.6 Å². The third-order valence-electron chi connectivity index (χ3n) is 3.63. The smallest absolute Gasteiger partial charge is 0.267 e. The van der Waals surface area contributed by atoms with Gasteiger partial charge in [0.05, 0.1) is 10.6 Å². The molecule has 2 aromatic carbocycles. The summed E-state index contributed by atoms with van der Waals surface area (Å²) in [6.07, 6.45) is 5.08. The number of amidine groups is 1. The zero-order valence-electron chi connectivity index (χ0n) is 14.4. The molecule has 0 unspecified atom stereocenters. The van der Waals surface area contributed by atoms with E-state index in [9.17, 15) is 9.90 Å². The first-order valence-corrected chi connectivity index (χ1v) is 9.38. The number of carbonyl (C=O) groups excluding carboxylic acids is 1. The highest BCUT2D eigenvalue weighted by Gasteiger charge is 2.32. The Morgan fingerprint density at radius 1 is 1.22 bits per heavy atom. The van der Waals surface area contributed by atoms with Crippen molar-refractivity contribution in [2.45, 2.75) is 0 Å². The Morgan fingerprint density at radius 3 is 2.70 bits per heavy atom. The van der Waals surface area contributed by atoms with Crippen LogP contribution in [0.5, 0.6) is 5.75 Å². The number of halogens is 1. The summed E-state index contributed by atoms with van der Waals surface area (Å²) >= 11 is 7.56. The van der Waals surface area contributed by atoms with E-state index >= 15 is 0 Å². The van der Waals surface area contributed by atoms with Crippen molar-refractivity contribution in [3.05, 3.63) is 88.8 Å². The summed E-state index contributed by atoms with van der Waals surface area (Å²) in [5, 5.41) is 10.6. The average molecular weight is 397 g/mol. The van der Waals surface area contributed by atoms with E-state index in [0.29, 0.717) is 27.3 Å². The van der Waals surface area contributed by atoms with Crippen molar-refractivity contribution in [3.8, 4) is 5.75 Å². The Balaban J connectivity index is 1.90. The van der Waals surface area contributed by atoms with E-state index in [1.807, 2.05) is 30.3 Å². The molecule has 4 nitrogen and oxygen atoms in total. The van der Waals surface area contributed by atoms with Crippen LogP contribution < -0.4 is 0 Å². The lowest BCUT2D eigenvalue weighted by Crippen LogP contribution is -2.29. The average Bonchev–Trinajstić information content (AvgIpc) is 2.91. The number of allylic oxidation sites excluding steroid dienone is 2. The van der Waals surface area contributed by atoms with Gasteiger partial charge in [0.25, 0.3) is 5.91 Å². The van der Waals surface area contributed by atoms with Crippen molar-refractivity contribution in [2.75, 3.05) is 6.54 Å². The summed E-state index contributed by atoms with van der Waals surface area (Å²) in [5.74, 6) is -0.0653. The fourth-order valence-corrected chi connectivity index (χ4v) is 3.73. The van der Waals surface area contributed by atoms with Crippen LogP contribution in [0.4, 0.5) is 5.69 Å². The summed E-state index contributed by atoms with van der Waals surface area (Å²) in [4.78, 5) is 19.2. The lowest BCUT2D eigenvalue weighted by atomic mass is 10.2. The van der Waals surface area contributed by atoms with Gasteiger partial charge in [-0.1, -0.05) is 54.1 Å². The highest BCUT2D eigenvalue weighted by molar-refractivity contribution is 8.18. The number of aromatic hydroxyl groups is 1. The second-order valence-corrected chi connectivity index (χ2v) is 7.11. The zero-order valence-corrected chi connectivity index (χ0v) is 16.0. The van der Waals surface area contributed by atoms with Crippen LogP contribution in [0, 0.1) is 0 Å². The van der Waals surface area contributed by atoms with Gasteiger partial charge in [0.1, 0.15) is 5.75 Å². The molecular formula is C21H17ClN2O2S. The van der Waals surface area contributed by atoms with E-state index in [0.717, 1.165) is 5.56 Å². The highest BCUT2D eigenvalue weighted by atomic mass is 35.5. The van der Waals surface area contributed by atoms with Crippen LogP contribution in [0.3, 0.4) is 0 Å². The molecule has 136 valence electrons. The number of thioether (sulfide) groups is 1. The largest absolute Gasteiger partial charge is 0.508 e. The number of carbonyl (C=O) groups is 1. The Labute approximate surface area is 167 Å². The number of rotatable bonds is 5. The van der Waals surface area contributed by atoms with E-state index in [-0.39, 0.29) is 11.7 Å². The zero-order chi connectivity index (χ0) is 19.2. The number of hydrogen-bond acceptors (Lipinski definition) is 4. The highest BCUT2D eigenvalue weighted by Crippen LogP contribution is 2.34. The molecule has 1 heterocycles. The van der Waals surface area contributed by atoms with Gasteiger partial charge in [0, 0.05) is 17.6 Å². The van der Waals surface area contributed by atoms with Gasteiger partial charge in [-0.3, -0.25) is 9.69 Å². The molecule has 3 rings (SSSR count). The SMILES string of the molecule is C=CCN1C(=O)/C(=C/C(Cl)=C/c2ccccc2)SC1=Nc1cccc(O)c1. The second-order valence-electron chi connectivity index (χ2n) is 5.67. The van der Waals surface area contributed by atoms with Crippen LogP contribution in [0.15, 0.2) is 88.3 Å². The van der Waals surface area contributed by atoms with Gasteiger partial charge in [-0.05, 0) is 41.6 Å². The van der Waals surface area contributed by atoms with Crippen molar-refractivity contribution in [1.29, 1.82) is 0 Å². The standard InChI is InChI=1S/C21H17ClN2O2S/c1-2-11-24-20(26)19(13-16(22)12-15-7-4-3-5-8-15)27-21(24)23-17-9-6-10-18(25)14-17/h2-10,12-14,25H,1,11H2/b16-12-,19-13-,23-21?. The number of benzene rings is 2. The van der Waals surface area contributed by atoms with E-state index in [1.54, 1.807) is 36.4 Å². The molecule has 1 N–H and O–H groups in total. The molecule has 27 heavy (non-hydrogen) atoms. The fraction of sp³-hybridized carbons (Fsp3) is 0.0476. The van der Waals surface area contributed by atoms with Crippen molar-refractivity contribution >= 4 is 46.2 Å². The quantitative estimate of drug-likeness (QED) is 0.550. The maximum absolute atomic E-state index is 12.7. The number of hydrogen-bond donors (Lipinski definition) is 1. The predicted octanol–water partition coefficient (Wildman–Crippen LogP) is 5.30. The molecular weight excluding hydrogens is 380 g/mol. The number of phenolic OH excluding ortho intramolecular Hbond substituents is 1. The summed E-state index contributed by atoms with van der Waals surface area (Å²) in [6, 6.07) is 16.2. The van der Waals surface area contributed by atoms with Crippen molar-refractivity contribution in [1.82, 2.24) is 4.90 Å². The first-order chi connectivity index (χ1) is 13.1. The third kappa shape index (κ3) is 4.90. The topological polar surface area (TPSA) is 52.9 Å². The van der Waals surface area contributed by atoms with Gasteiger partial charge >= 0.3 is 0 Å². The number of aliphatic imine (C=N–C) groups is 1. The van der Waals surface area contributed by atoms with E-state index < -0.39 is 0 Å². The Hall–Kier alpha value is -2.76. The minimum Gasteiger partial charge on any atom is -0.508 e. The van der Waals surface area contributed by atoms with Crippen LogP contribution in [0.25, 0.3) is 6.08 Å². The molecule has 0 aromatic heterocycles. The molecule has 0 spiro atoms.